The standard InChI is InChI=1S/C13H20N6O5/c14-1-6(21)2-15-11-8-12(17-4-16-11)19(5-18-8)13-10(23)9(22)7(3-20)24-13/h4-7,9-10,13,20-23H,1-3,14H2,(H,15,16,17)/t6?,7-,9-,10-,13-/m1/s1. The second-order valence-corrected chi connectivity index (χ2v) is 5.55. The van der Waals surface area contributed by atoms with Crippen LogP contribution in [0.3, 0.4) is 0 Å². The molecule has 0 aromatic carbocycles. The highest BCUT2D eigenvalue weighted by Gasteiger charge is 2.44. The Kier molecular flexibility index (Phi) is 4.89. The lowest BCUT2D eigenvalue weighted by molar-refractivity contribution is -0.0511. The summed E-state index contributed by atoms with van der Waals surface area (Å²) in [5.74, 6) is 0.401. The van der Waals surface area contributed by atoms with Crippen LogP contribution in [0.15, 0.2) is 12.7 Å². The fourth-order valence-electron chi connectivity index (χ4n) is 2.58. The molecule has 2 aromatic heterocycles. The quantitative estimate of drug-likeness (QED) is 0.322. The molecule has 0 radical (unpaired) electrons. The number of imidazole rings is 1. The van der Waals surface area contributed by atoms with E-state index in [1.807, 2.05) is 0 Å². The van der Waals surface area contributed by atoms with E-state index in [2.05, 4.69) is 20.3 Å². The van der Waals surface area contributed by atoms with Gasteiger partial charge in [-0.25, -0.2) is 15.0 Å². The van der Waals surface area contributed by atoms with Gasteiger partial charge in [-0.15, -0.1) is 0 Å². The number of nitrogens with two attached hydrogens (primary N) is 1. The minimum Gasteiger partial charge on any atom is -0.394 e. The molecule has 3 heterocycles. The predicted octanol–water partition coefficient (Wildman–Crippen LogP) is -2.83. The van der Waals surface area contributed by atoms with E-state index in [0.717, 1.165) is 0 Å². The number of anilines is 1. The molecule has 3 rings (SSSR count). The van der Waals surface area contributed by atoms with Crippen molar-refractivity contribution in [1.29, 1.82) is 0 Å². The summed E-state index contributed by atoms with van der Waals surface area (Å²) in [5.41, 5.74) is 6.15. The molecule has 1 aliphatic heterocycles. The van der Waals surface area contributed by atoms with Crippen molar-refractivity contribution in [3.63, 3.8) is 0 Å². The molecule has 1 aliphatic rings. The molecule has 5 atom stereocenters. The lowest BCUT2D eigenvalue weighted by Gasteiger charge is -2.16. The van der Waals surface area contributed by atoms with E-state index in [9.17, 15) is 20.4 Å². The van der Waals surface area contributed by atoms with Crippen molar-refractivity contribution < 1.29 is 25.2 Å². The highest BCUT2D eigenvalue weighted by atomic mass is 16.6. The molecule has 1 fully saturated rings. The molecule has 132 valence electrons. The van der Waals surface area contributed by atoms with Crippen LogP contribution in [0, 0.1) is 0 Å². The minimum atomic E-state index is -1.23. The van der Waals surface area contributed by atoms with Gasteiger partial charge in [-0.1, -0.05) is 0 Å². The van der Waals surface area contributed by atoms with Crippen molar-refractivity contribution in [3.8, 4) is 0 Å². The maximum Gasteiger partial charge on any atom is 0.167 e. The number of ether oxygens (including phenoxy) is 1. The van der Waals surface area contributed by atoms with Crippen molar-refractivity contribution in [2.24, 2.45) is 5.73 Å². The zero-order chi connectivity index (χ0) is 17.3. The Hall–Kier alpha value is -1.89. The normalized spacial score (nSPS) is 28.4. The molecule has 0 bridgehead atoms. The van der Waals surface area contributed by atoms with E-state index < -0.39 is 37.3 Å². The number of aliphatic hydroxyl groups is 4. The van der Waals surface area contributed by atoms with Gasteiger partial charge in [0, 0.05) is 13.1 Å². The number of fused-ring (bicyclic) bond motifs is 1. The Bertz CT molecular complexity index is 697. The SMILES string of the molecule is NCC(O)CNc1ncnc2c1ncn2[C@@H]1O[C@H](CO)[C@@H](O)[C@H]1O. The van der Waals surface area contributed by atoms with Crippen LogP contribution >= 0.6 is 0 Å². The lowest BCUT2D eigenvalue weighted by atomic mass is 10.1. The van der Waals surface area contributed by atoms with E-state index in [-0.39, 0.29) is 13.1 Å². The van der Waals surface area contributed by atoms with Gasteiger partial charge in [-0.05, 0) is 0 Å². The van der Waals surface area contributed by atoms with Gasteiger partial charge in [0.25, 0.3) is 0 Å². The van der Waals surface area contributed by atoms with Gasteiger partial charge < -0.3 is 36.2 Å². The summed E-state index contributed by atoms with van der Waals surface area (Å²) in [7, 11) is 0. The molecule has 11 heteroatoms. The molecule has 0 saturated carbocycles. The van der Waals surface area contributed by atoms with Crippen LogP contribution in [-0.2, 0) is 4.74 Å². The van der Waals surface area contributed by atoms with Crippen molar-refractivity contribution in [1.82, 2.24) is 19.5 Å². The van der Waals surface area contributed by atoms with Gasteiger partial charge in [-0.3, -0.25) is 4.57 Å². The van der Waals surface area contributed by atoms with Gasteiger partial charge >= 0.3 is 0 Å². The molecule has 24 heavy (non-hydrogen) atoms. The molecular weight excluding hydrogens is 320 g/mol. The first-order valence-corrected chi connectivity index (χ1v) is 7.48. The van der Waals surface area contributed by atoms with Crippen LogP contribution < -0.4 is 11.1 Å². The summed E-state index contributed by atoms with van der Waals surface area (Å²) in [6.45, 7) is -0.109. The second-order valence-electron chi connectivity index (χ2n) is 5.55. The van der Waals surface area contributed by atoms with Gasteiger partial charge in [0.1, 0.15) is 24.6 Å². The third kappa shape index (κ3) is 2.92. The summed E-state index contributed by atoms with van der Waals surface area (Å²) in [6, 6.07) is 0. The van der Waals surface area contributed by atoms with Gasteiger partial charge in [0.05, 0.1) is 19.0 Å². The monoisotopic (exact) mass is 340 g/mol. The number of hydrogen-bond acceptors (Lipinski definition) is 10. The van der Waals surface area contributed by atoms with Crippen LogP contribution in [-0.4, -0.2) is 84.1 Å². The first kappa shape index (κ1) is 17.0. The average Bonchev–Trinajstić information content (AvgIpc) is 3.15. The molecule has 1 unspecified atom stereocenters. The summed E-state index contributed by atoms with van der Waals surface area (Å²) in [5, 5.41) is 41.6. The van der Waals surface area contributed by atoms with E-state index in [1.54, 1.807) is 0 Å². The summed E-state index contributed by atoms with van der Waals surface area (Å²) < 4.78 is 6.94. The van der Waals surface area contributed by atoms with Crippen LogP contribution in [0.5, 0.6) is 0 Å². The first-order valence-electron chi connectivity index (χ1n) is 7.48. The molecule has 0 aliphatic carbocycles. The largest absolute Gasteiger partial charge is 0.394 e. The Labute approximate surface area is 136 Å². The molecular formula is C13H20N6O5. The molecule has 2 aromatic rings. The lowest BCUT2D eigenvalue weighted by Crippen LogP contribution is -2.33. The zero-order valence-electron chi connectivity index (χ0n) is 12.7. The predicted molar refractivity (Wildman–Crippen MR) is 81.9 cm³/mol. The topological polar surface area (TPSA) is 172 Å². The molecule has 1 saturated heterocycles. The second kappa shape index (κ2) is 6.93. The Morgan fingerprint density at radius 3 is 2.75 bits per heavy atom. The smallest absolute Gasteiger partial charge is 0.167 e. The van der Waals surface area contributed by atoms with Crippen LogP contribution in [0.2, 0.25) is 0 Å². The summed E-state index contributed by atoms with van der Waals surface area (Å²) >= 11 is 0. The Morgan fingerprint density at radius 1 is 1.29 bits per heavy atom. The fourth-order valence-corrected chi connectivity index (χ4v) is 2.58. The van der Waals surface area contributed by atoms with Crippen LogP contribution in [0.4, 0.5) is 5.82 Å². The number of nitrogens with zero attached hydrogens (tertiary/aromatic N) is 4. The van der Waals surface area contributed by atoms with Gasteiger partial charge in [0.15, 0.2) is 23.2 Å². The maximum atomic E-state index is 10.1. The molecule has 11 nitrogen and oxygen atoms in total. The van der Waals surface area contributed by atoms with Crippen LogP contribution in [0.25, 0.3) is 11.2 Å². The number of hydrogen-bond donors (Lipinski definition) is 6. The van der Waals surface area contributed by atoms with E-state index in [1.165, 1.54) is 17.2 Å². The molecule has 7 N–H and O–H groups in total. The average molecular weight is 340 g/mol. The maximum absolute atomic E-state index is 10.1. The summed E-state index contributed by atoms with van der Waals surface area (Å²) in [4.78, 5) is 12.4. The minimum absolute atomic E-state index is 0.109. The van der Waals surface area contributed by atoms with Crippen molar-refractivity contribution in [2.75, 3.05) is 25.0 Å². The Morgan fingerprint density at radius 2 is 2.08 bits per heavy atom. The zero-order valence-corrected chi connectivity index (χ0v) is 12.7. The molecule has 0 spiro atoms. The highest BCUT2D eigenvalue weighted by molar-refractivity contribution is 5.82. The van der Waals surface area contributed by atoms with Crippen molar-refractivity contribution >= 4 is 17.0 Å². The number of nitrogens with one attached hydrogen (secondary N) is 1. The third-order valence-electron chi connectivity index (χ3n) is 3.93. The van der Waals surface area contributed by atoms with Gasteiger partial charge in [-0.2, -0.15) is 0 Å². The number of aromatic nitrogens is 4. The third-order valence-corrected chi connectivity index (χ3v) is 3.93. The fraction of sp³-hybridized carbons (Fsp3) is 0.615. The van der Waals surface area contributed by atoms with E-state index in [0.29, 0.717) is 17.0 Å². The molecule has 0 amide bonds. The van der Waals surface area contributed by atoms with E-state index in [4.69, 9.17) is 10.5 Å². The van der Waals surface area contributed by atoms with Gasteiger partial charge in [0.2, 0.25) is 0 Å². The number of aliphatic hydroxyl groups excluding tert-OH is 4. The van der Waals surface area contributed by atoms with Crippen LogP contribution in [0.1, 0.15) is 6.23 Å². The van der Waals surface area contributed by atoms with Crippen molar-refractivity contribution in [3.05, 3.63) is 12.7 Å². The van der Waals surface area contributed by atoms with Crippen molar-refractivity contribution in [2.45, 2.75) is 30.6 Å². The highest BCUT2D eigenvalue weighted by Crippen LogP contribution is 2.31. The summed E-state index contributed by atoms with van der Waals surface area (Å²) in [6.07, 6.45) is -2.27. The first-order chi connectivity index (χ1) is 11.6. The number of rotatable bonds is 6. The Balaban J connectivity index is 1.89. The van der Waals surface area contributed by atoms with E-state index >= 15 is 0 Å².